The van der Waals surface area contributed by atoms with Crippen LogP contribution in [0.4, 0.5) is 0 Å². The van der Waals surface area contributed by atoms with Crippen LogP contribution in [0.25, 0.3) is 0 Å². The first kappa shape index (κ1) is 28.3. The summed E-state index contributed by atoms with van der Waals surface area (Å²) in [4.78, 5) is 0. The lowest BCUT2D eigenvalue weighted by atomic mass is 10.2. The normalized spacial score (nSPS) is 21.0. The second-order valence-corrected chi connectivity index (χ2v) is 17.5. The molecule has 0 spiro atoms. The summed E-state index contributed by atoms with van der Waals surface area (Å²) in [5.74, 6) is 0.298. The van der Waals surface area contributed by atoms with Crippen LogP contribution in [0.3, 0.4) is 0 Å². The molecule has 3 rings (SSSR count). The molecule has 1 saturated carbocycles. The Labute approximate surface area is 213 Å². The van der Waals surface area contributed by atoms with Crippen LogP contribution in [-0.4, -0.2) is 39.1 Å². The van der Waals surface area contributed by atoms with E-state index in [0.717, 1.165) is 6.42 Å². The zero-order valence-electron chi connectivity index (χ0n) is 22.6. The lowest BCUT2D eigenvalue weighted by Crippen LogP contribution is -2.67. The standard InChI is InChI=1S/C28H43O5PSi/c1-22(2)32-34(29,33-23(3)4)21-30-28(19-24(28)5)20-31-35(27(6,7)8,25-15-11-9-12-16-25)26-17-13-10-14-18-26/h9-18,22-24H,19-21H2,1-8H3. The van der Waals surface area contributed by atoms with E-state index in [1.54, 1.807) is 0 Å². The molecule has 0 bridgehead atoms. The third-order valence-corrected chi connectivity index (χ3v) is 13.5. The van der Waals surface area contributed by atoms with Crippen LogP contribution >= 0.6 is 7.60 Å². The average molecular weight is 519 g/mol. The largest absolute Gasteiger partial charge is 0.404 e. The Morgan fingerprint density at radius 3 is 1.69 bits per heavy atom. The fraction of sp³-hybridized carbons (Fsp3) is 0.571. The first-order valence-electron chi connectivity index (χ1n) is 12.7. The van der Waals surface area contributed by atoms with Crippen molar-refractivity contribution >= 4 is 26.3 Å². The van der Waals surface area contributed by atoms with Gasteiger partial charge in [0, 0.05) is 0 Å². The van der Waals surface area contributed by atoms with E-state index in [4.69, 9.17) is 18.2 Å². The molecule has 0 radical (unpaired) electrons. The van der Waals surface area contributed by atoms with E-state index in [9.17, 15) is 4.57 Å². The van der Waals surface area contributed by atoms with Crippen molar-refractivity contribution in [3.05, 3.63) is 60.7 Å². The molecule has 2 atom stereocenters. The first-order valence-corrected chi connectivity index (χ1v) is 16.3. The van der Waals surface area contributed by atoms with Crippen LogP contribution in [0.5, 0.6) is 0 Å². The van der Waals surface area contributed by atoms with Crippen molar-refractivity contribution in [2.45, 2.75) is 84.7 Å². The van der Waals surface area contributed by atoms with Crippen molar-refractivity contribution in [2.24, 2.45) is 5.92 Å². The van der Waals surface area contributed by atoms with Crippen molar-refractivity contribution in [2.75, 3.05) is 13.0 Å². The van der Waals surface area contributed by atoms with Gasteiger partial charge in [-0.3, -0.25) is 4.57 Å². The van der Waals surface area contributed by atoms with E-state index in [1.807, 2.05) is 39.8 Å². The molecule has 1 aliphatic carbocycles. The molecule has 0 aromatic heterocycles. The number of rotatable bonds is 12. The molecule has 1 fully saturated rings. The number of hydrogen-bond donors (Lipinski definition) is 0. The van der Waals surface area contributed by atoms with Gasteiger partial charge in [0.05, 0.1) is 24.4 Å². The van der Waals surface area contributed by atoms with Gasteiger partial charge in [-0.1, -0.05) is 88.4 Å². The summed E-state index contributed by atoms with van der Waals surface area (Å²) >= 11 is 0. The minimum atomic E-state index is -3.39. The van der Waals surface area contributed by atoms with Crippen LogP contribution in [-0.2, 0) is 22.8 Å². The SMILES string of the molecule is CC(C)OP(=O)(COC1(CO[Si](c2ccccc2)(c2ccccc2)C(C)(C)C)CC1C)OC(C)C. The molecule has 35 heavy (non-hydrogen) atoms. The maximum Gasteiger partial charge on any atom is 0.356 e. The highest BCUT2D eigenvalue weighted by Crippen LogP contribution is 2.55. The van der Waals surface area contributed by atoms with E-state index in [1.165, 1.54) is 10.4 Å². The van der Waals surface area contributed by atoms with Gasteiger partial charge < -0.3 is 18.2 Å². The Balaban J connectivity index is 1.91. The van der Waals surface area contributed by atoms with Gasteiger partial charge in [0.25, 0.3) is 8.32 Å². The smallest absolute Gasteiger partial charge is 0.356 e. The summed E-state index contributed by atoms with van der Waals surface area (Å²) in [6.07, 6.45) is 0.347. The molecule has 5 nitrogen and oxygen atoms in total. The van der Waals surface area contributed by atoms with Crippen LogP contribution < -0.4 is 10.4 Å². The third-order valence-electron chi connectivity index (χ3n) is 6.59. The van der Waals surface area contributed by atoms with Crippen molar-refractivity contribution in [3.8, 4) is 0 Å². The number of benzene rings is 2. The quantitative estimate of drug-likeness (QED) is 0.242. The first-order chi connectivity index (χ1) is 16.3. The van der Waals surface area contributed by atoms with Gasteiger partial charge in [-0.05, 0) is 55.4 Å². The molecule has 194 valence electrons. The van der Waals surface area contributed by atoms with Crippen LogP contribution in [0, 0.1) is 5.92 Å². The van der Waals surface area contributed by atoms with E-state index in [-0.39, 0.29) is 23.6 Å². The molecule has 0 saturated heterocycles. The Morgan fingerprint density at radius 2 is 1.34 bits per heavy atom. The molecule has 0 aliphatic heterocycles. The third kappa shape index (κ3) is 6.54. The van der Waals surface area contributed by atoms with Gasteiger partial charge in [0.15, 0.2) is 0 Å². The Morgan fingerprint density at radius 1 is 0.914 bits per heavy atom. The monoisotopic (exact) mass is 518 g/mol. The summed E-state index contributed by atoms with van der Waals surface area (Å²) in [6, 6.07) is 21.2. The highest BCUT2D eigenvalue weighted by molar-refractivity contribution is 7.53. The van der Waals surface area contributed by atoms with Crippen LogP contribution in [0.1, 0.15) is 61.8 Å². The second kappa shape index (κ2) is 11.0. The minimum absolute atomic E-state index is 0.0716. The maximum atomic E-state index is 13.4. The van der Waals surface area contributed by atoms with Gasteiger partial charge in [-0.15, -0.1) is 0 Å². The highest BCUT2D eigenvalue weighted by Gasteiger charge is 2.58. The van der Waals surface area contributed by atoms with Gasteiger partial charge in [0.1, 0.15) is 6.35 Å². The van der Waals surface area contributed by atoms with E-state index in [0.29, 0.717) is 12.5 Å². The van der Waals surface area contributed by atoms with E-state index >= 15 is 0 Å². The van der Waals surface area contributed by atoms with Crippen molar-refractivity contribution in [3.63, 3.8) is 0 Å². The molecule has 7 heteroatoms. The fourth-order valence-corrected chi connectivity index (χ4v) is 11.3. The topological polar surface area (TPSA) is 54.0 Å². The van der Waals surface area contributed by atoms with E-state index in [2.05, 4.69) is 76.2 Å². The molecular weight excluding hydrogens is 475 g/mol. The number of ether oxygens (including phenoxy) is 1. The highest BCUT2D eigenvalue weighted by atomic mass is 31.2. The zero-order chi connectivity index (χ0) is 25.9. The van der Waals surface area contributed by atoms with Gasteiger partial charge in [0.2, 0.25) is 0 Å². The summed E-state index contributed by atoms with van der Waals surface area (Å²) in [6.45, 7) is 16.8. The summed E-state index contributed by atoms with van der Waals surface area (Å²) in [7, 11) is -6.08. The Bertz CT molecular complexity index is 936. The van der Waals surface area contributed by atoms with E-state index < -0.39 is 21.5 Å². The maximum absolute atomic E-state index is 13.4. The number of hydrogen-bond acceptors (Lipinski definition) is 5. The van der Waals surface area contributed by atoms with Gasteiger partial charge in [-0.2, -0.15) is 0 Å². The Hall–Kier alpha value is -1.27. The average Bonchev–Trinajstić information content (AvgIpc) is 3.42. The molecule has 0 amide bonds. The predicted molar refractivity (Wildman–Crippen MR) is 146 cm³/mol. The molecule has 0 heterocycles. The lowest BCUT2D eigenvalue weighted by molar-refractivity contribution is -0.00300. The molecule has 0 N–H and O–H groups in total. The second-order valence-electron chi connectivity index (χ2n) is 11.3. The molecule has 2 aromatic rings. The fourth-order valence-electron chi connectivity index (χ4n) is 4.83. The van der Waals surface area contributed by atoms with Crippen molar-refractivity contribution < 1.29 is 22.8 Å². The summed E-state index contributed by atoms with van der Waals surface area (Å²) in [5, 5.41) is 2.35. The lowest BCUT2D eigenvalue weighted by Gasteiger charge is -2.44. The van der Waals surface area contributed by atoms with Gasteiger partial charge in [-0.25, -0.2) is 0 Å². The van der Waals surface area contributed by atoms with Crippen LogP contribution in [0.2, 0.25) is 5.04 Å². The molecule has 2 unspecified atom stereocenters. The van der Waals surface area contributed by atoms with Crippen molar-refractivity contribution in [1.82, 2.24) is 0 Å². The Kier molecular flexibility index (Phi) is 8.89. The summed E-state index contributed by atoms with van der Waals surface area (Å²) in [5.41, 5.74) is -0.497. The van der Waals surface area contributed by atoms with Gasteiger partial charge >= 0.3 is 7.60 Å². The van der Waals surface area contributed by atoms with Crippen molar-refractivity contribution in [1.29, 1.82) is 0 Å². The summed E-state index contributed by atoms with van der Waals surface area (Å²) < 4.78 is 38.4. The molecular formula is C28H43O5PSi. The minimum Gasteiger partial charge on any atom is -0.404 e. The molecule has 1 aliphatic rings. The van der Waals surface area contributed by atoms with Crippen LogP contribution in [0.15, 0.2) is 60.7 Å². The molecule has 2 aromatic carbocycles. The zero-order valence-corrected chi connectivity index (χ0v) is 24.5. The predicted octanol–water partition coefficient (Wildman–Crippen LogP) is 6.36.